The van der Waals surface area contributed by atoms with Gasteiger partial charge in [0.1, 0.15) is 11.5 Å². The smallest absolute Gasteiger partial charge is 0.277 e. The number of carbonyl (C=O) groups excluding carboxylic acids is 2. The summed E-state index contributed by atoms with van der Waals surface area (Å²) >= 11 is 6.09. The van der Waals surface area contributed by atoms with Crippen molar-refractivity contribution < 1.29 is 19.1 Å². The molecule has 0 aromatic heterocycles. The first-order chi connectivity index (χ1) is 16.0. The third-order valence-corrected chi connectivity index (χ3v) is 5.02. The van der Waals surface area contributed by atoms with E-state index in [1.807, 2.05) is 38.1 Å². The van der Waals surface area contributed by atoms with Crippen molar-refractivity contribution in [3.63, 3.8) is 0 Å². The lowest BCUT2D eigenvalue weighted by molar-refractivity contribution is -0.123. The van der Waals surface area contributed by atoms with Crippen LogP contribution in [0.4, 0.5) is 5.69 Å². The number of anilines is 1. The third kappa shape index (κ3) is 6.82. The van der Waals surface area contributed by atoms with Crippen LogP contribution >= 0.6 is 11.6 Å². The Morgan fingerprint density at radius 2 is 1.76 bits per heavy atom. The summed E-state index contributed by atoms with van der Waals surface area (Å²) in [6.07, 6.45) is 1.51. The molecule has 0 unspecified atom stereocenters. The van der Waals surface area contributed by atoms with Crippen molar-refractivity contribution >= 4 is 35.3 Å². The number of carbonyl (C=O) groups is 2. The number of hydrogen-bond acceptors (Lipinski definition) is 5. The van der Waals surface area contributed by atoms with Crippen LogP contribution in [-0.2, 0) is 4.79 Å². The van der Waals surface area contributed by atoms with Gasteiger partial charge in [0, 0.05) is 21.8 Å². The number of hydrogen-bond donors (Lipinski definition) is 2. The maximum absolute atomic E-state index is 12.5. The number of nitrogens with one attached hydrogen (secondary N) is 2. The molecule has 8 heteroatoms. The zero-order valence-corrected chi connectivity index (χ0v) is 19.1. The predicted octanol–water partition coefficient (Wildman–Crippen LogP) is 4.83. The lowest BCUT2D eigenvalue weighted by Gasteiger charge is -2.10. The van der Waals surface area contributed by atoms with Gasteiger partial charge in [-0.1, -0.05) is 29.8 Å². The van der Waals surface area contributed by atoms with Crippen molar-refractivity contribution in [2.75, 3.05) is 18.5 Å². The summed E-state index contributed by atoms with van der Waals surface area (Å²) in [6.45, 7) is 4.04. The van der Waals surface area contributed by atoms with Gasteiger partial charge in [-0.05, 0) is 67.9 Å². The number of amides is 2. The van der Waals surface area contributed by atoms with Crippen LogP contribution in [0.15, 0.2) is 71.8 Å². The van der Waals surface area contributed by atoms with E-state index in [9.17, 15) is 9.59 Å². The summed E-state index contributed by atoms with van der Waals surface area (Å²) in [7, 11) is 0. The number of para-hydroxylation sites is 1. The standard InChI is InChI=1S/C25H24ClN3O4/c1-3-32-23-10-5-4-7-19(23)15-27-29-24(30)16-33-20-13-11-18(12-14-20)25(31)28-22-9-6-8-21(26)17(22)2/h4-15H,3,16H2,1-2H3,(H,28,31)(H,29,30). The predicted molar refractivity (Wildman–Crippen MR) is 129 cm³/mol. The highest BCUT2D eigenvalue weighted by Crippen LogP contribution is 2.23. The molecule has 0 atom stereocenters. The van der Waals surface area contributed by atoms with Gasteiger partial charge in [-0.2, -0.15) is 5.10 Å². The molecule has 7 nitrogen and oxygen atoms in total. The molecule has 2 N–H and O–H groups in total. The number of benzene rings is 3. The second-order valence-electron chi connectivity index (χ2n) is 6.94. The van der Waals surface area contributed by atoms with Crippen LogP contribution in [0.5, 0.6) is 11.5 Å². The van der Waals surface area contributed by atoms with Crippen LogP contribution in [0, 0.1) is 6.92 Å². The van der Waals surface area contributed by atoms with Crippen molar-refractivity contribution in [2.24, 2.45) is 5.10 Å². The lowest BCUT2D eigenvalue weighted by Crippen LogP contribution is -2.24. The van der Waals surface area contributed by atoms with Gasteiger partial charge in [0.05, 0.1) is 12.8 Å². The second-order valence-corrected chi connectivity index (χ2v) is 7.35. The first-order valence-corrected chi connectivity index (χ1v) is 10.7. The van der Waals surface area contributed by atoms with E-state index in [1.54, 1.807) is 42.5 Å². The first-order valence-electron chi connectivity index (χ1n) is 10.3. The minimum atomic E-state index is -0.418. The van der Waals surface area contributed by atoms with E-state index in [-0.39, 0.29) is 12.5 Å². The van der Waals surface area contributed by atoms with Gasteiger partial charge < -0.3 is 14.8 Å². The van der Waals surface area contributed by atoms with Crippen LogP contribution in [-0.4, -0.2) is 31.2 Å². The van der Waals surface area contributed by atoms with Gasteiger partial charge in [-0.3, -0.25) is 9.59 Å². The fourth-order valence-corrected chi connectivity index (χ4v) is 3.04. The van der Waals surface area contributed by atoms with Gasteiger partial charge in [0.15, 0.2) is 6.61 Å². The Morgan fingerprint density at radius 3 is 2.52 bits per heavy atom. The highest BCUT2D eigenvalue weighted by molar-refractivity contribution is 6.31. The van der Waals surface area contributed by atoms with Crippen LogP contribution in [0.25, 0.3) is 0 Å². The Hall–Kier alpha value is -3.84. The molecule has 0 heterocycles. The van der Waals surface area contributed by atoms with Gasteiger partial charge in [-0.25, -0.2) is 5.43 Å². The minimum Gasteiger partial charge on any atom is -0.493 e. The van der Waals surface area contributed by atoms with Crippen LogP contribution in [0.3, 0.4) is 0 Å². The van der Waals surface area contributed by atoms with Crippen molar-refractivity contribution in [1.29, 1.82) is 0 Å². The highest BCUT2D eigenvalue weighted by atomic mass is 35.5. The largest absolute Gasteiger partial charge is 0.493 e. The molecule has 0 saturated heterocycles. The van der Waals surface area contributed by atoms with Crippen molar-refractivity contribution in [2.45, 2.75) is 13.8 Å². The van der Waals surface area contributed by atoms with Gasteiger partial charge in [0.25, 0.3) is 11.8 Å². The molecule has 3 aromatic rings. The maximum atomic E-state index is 12.5. The van der Waals surface area contributed by atoms with Crippen LogP contribution in [0.2, 0.25) is 5.02 Å². The Morgan fingerprint density at radius 1 is 1.00 bits per heavy atom. The molecule has 0 aliphatic heterocycles. The molecule has 0 saturated carbocycles. The van der Waals surface area contributed by atoms with E-state index in [4.69, 9.17) is 21.1 Å². The number of halogens is 1. The van der Waals surface area contributed by atoms with Crippen molar-refractivity contribution in [3.8, 4) is 11.5 Å². The third-order valence-electron chi connectivity index (χ3n) is 4.61. The zero-order chi connectivity index (χ0) is 23.6. The minimum absolute atomic E-state index is 0.225. The molecule has 3 rings (SSSR count). The molecule has 2 amide bonds. The SMILES string of the molecule is CCOc1ccccc1C=NNC(=O)COc1ccc(C(=O)Nc2cccc(Cl)c2C)cc1. The van der Waals surface area contributed by atoms with Crippen LogP contribution in [0.1, 0.15) is 28.4 Å². The number of ether oxygens (including phenoxy) is 2. The lowest BCUT2D eigenvalue weighted by atomic mass is 10.1. The summed E-state index contributed by atoms with van der Waals surface area (Å²) < 4.78 is 11.0. The van der Waals surface area contributed by atoms with E-state index in [2.05, 4.69) is 15.8 Å². The summed E-state index contributed by atoms with van der Waals surface area (Å²) in [5.41, 5.74) is 5.05. The van der Waals surface area contributed by atoms with E-state index >= 15 is 0 Å². The first kappa shape index (κ1) is 23.8. The van der Waals surface area contributed by atoms with E-state index in [0.29, 0.717) is 34.4 Å². The number of nitrogens with zero attached hydrogens (tertiary/aromatic N) is 1. The molecule has 33 heavy (non-hydrogen) atoms. The average Bonchev–Trinajstić information content (AvgIpc) is 2.82. The van der Waals surface area contributed by atoms with Crippen molar-refractivity contribution in [1.82, 2.24) is 5.43 Å². The highest BCUT2D eigenvalue weighted by Gasteiger charge is 2.10. The van der Waals surface area contributed by atoms with Gasteiger partial charge in [0.2, 0.25) is 0 Å². The summed E-state index contributed by atoms with van der Waals surface area (Å²) in [6, 6.07) is 19.2. The topological polar surface area (TPSA) is 89.0 Å². The molecule has 0 aliphatic carbocycles. The Balaban J connectivity index is 1.49. The van der Waals surface area contributed by atoms with Crippen molar-refractivity contribution in [3.05, 3.63) is 88.4 Å². The molecular formula is C25H24ClN3O4. The quantitative estimate of drug-likeness (QED) is 0.350. The molecule has 170 valence electrons. The molecule has 0 fully saturated rings. The van der Waals surface area contributed by atoms with Crippen LogP contribution < -0.4 is 20.2 Å². The monoisotopic (exact) mass is 465 g/mol. The fraction of sp³-hybridized carbons (Fsp3) is 0.160. The molecular weight excluding hydrogens is 442 g/mol. The molecule has 0 aliphatic rings. The molecule has 0 radical (unpaired) electrons. The van der Waals surface area contributed by atoms with Gasteiger partial charge >= 0.3 is 0 Å². The zero-order valence-electron chi connectivity index (χ0n) is 18.3. The van der Waals surface area contributed by atoms with E-state index in [0.717, 1.165) is 11.1 Å². The normalized spacial score (nSPS) is 10.6. The number of rotatable bonds is 9. The van der Waals surface area contributed by atoms with E-state index < -0.39 is 5.91 Å². The second kappa shape index (κ2) is 11.7. The van der Waals surface area contributed by atoms with Gasteiger partial charge in [-0.15, -0.1) is 0 Å². The molecule has 0 spiro atoms. The average molecular weight is 466 g/mol. The Bertz CT molecular complexity index is 1150. The summed E-state index contributed by atoms with van der Waals surface area (Å²) in [4.78, 5) is 24.5. The fourth-order valence-electron chi connectivity index (χ4n) is 2.87. The Labute approximate surface area is 197 Å². The number of hydrazone groups is 1. The molecule has 3 aromatic carbocycles. The Kier molecular flexibility index (Phi) is 8.43. The maximum Gasteiger partial charge on any atom is 0.277 e. The summed E-state index contributed by atoms with van der Waals surface area (Å²) in [5.74, 6) is 0.444. The summed E-state index contributed by atoms with van der Waals surface area (Å²) in [5, 5.41) is 7.35. The molecule has 0 bridgehead atoms. The van der Waals surface area contributed by atoms with E-state index in [1.165, 1.54) is 6.21 Å².